The highest BCUT2D eigenvalue weighted by atomic mass is 17.2. The monoisotopic (exact) mass is 348 g/mol. The van der Waals surface area contributed by atoms with E-state index in [0.717, 1.165) is 11.1 Å². The molecule has 0 aromatic heterocycles. The van der Waals surface area contributed by atoms with E-state index in [1.807, 2.05) is 52.8 Å². The predicted octanol–water partition coefficient (Wildman–Crippen LogP) is 5.97. The van der Waals surface area contributed by atoms with Gasteiger partial charge in [-0.15, -0.1) is 0 Å². The number of rotatable bonds is 3. The number of hydrogen-bond donors (Lipinski definition) is 0. The highest BCUT2D eigenvalue weighted by Crippen LogP contribution is 2.45. The number of carbonyl (C=O) groups excluding carboxylic acids is 1. The van der Waals surface area contributed by atoms with Crippen LogP contribution in [0.3, 0.4) is 0 Å². The molecule has 0 radical (unpaired) electrons. The molecule has 1 unspecified atom stereocenters. The third-order valence-corrected chi connectivity index (χ3v) is 4.09. The van der Waals surface area contributed by atoms with Crippen LogP contribution in [0.15, 0.2) is 34.9 Å². The standard InChI is InChI=1S/C22H36O3/c1-15(2)12-16-13-22(20(6,7)8,25-24-21(9,10)11)14-17(18(16)23)19(3,4)5/h12-14H,1-11H3. The van der Waals surface area contributed by atoms with Gasteiger partial charge in [-0.2, -0.15) is 0 Å². The van der Waals surface area contributed by atoms with Crippen LogP contribution in [0, 0.1) is 10.8 Å². The zero-order valence-electron chi connectivity index (χ0n) is 18.0. The van der Waals surface area contributed by atoms with E-state index in [9.17, 15) is 4.79 Å². The van der Waals surface area contributed by atoms with Crippen LogP contribution in [0.1, 0.15) is 76.2 Å². The summed E-state index contributed by atoms with van der Waals surface area (Å²) in [6, 6.07) is 0. The molecule has 25 heavy (non-hydrogen) atoms. The van der Waals surface area contributed by atoms with E-state index in [1.54, 1.807) is 0 Å². The lowest BCUT2D eigenvalue weighted by Crippen LogP contribution is -2.47. The van der Waals surface area contributed by atoms with Crippen LogP contribution in [0.2, 0.25) is 0 Å². The molecule has 3 heteroatoms. The average Bonchev–Trinajstić information content (AvgIpc) is 2.35. The molecule has 0 saturated carbocycles. The van der Waals surface area contributed by atoms with E-state index < -0.39 is 11.2 Å². The predicted molar refractivity (Wildman–Crippen MR) is 104 cm³/mol. The maximum atomic E-state index is 13.0. The Morgan fingerprint density at radius 2 is 1.48 bits per heavy atom. The maximum absolute atomic E-state index is 13.0. The van der Waals surface area contributed by atoms with E-state index in [0.29, 0.717) is 5.57 Å². The van der Waals surface area contributed by atoms with Gasteiger partial charge in [-0.1, -0.05) is 53.2 Å². The fraction of sp³-hybridized carbons (Fsp3) is 0.682. The first-order chi connectivity index (χ1) is 11.0. The van der Waals surface area contributed by atoms with Gasteiger partial charge in [0.15, 0.2) is 5.78 Å². The zero-order chi connectivity index (χ0) is 19.8. The van der Waals surface area contributed by atoms with Crippen LogP contribution in [-0.2, 0) is 14.6 Å². The molecule has 0 bridgehead atoms. The second-order valence-corrected chi connectivity index (χ2v) is 10.3. The van der Waals surface area contributed by atoms with Gasteiger partial charge in [0, 0.05) is 16.6 Å². The van der Waals surface area contributed by atoms with Crippen molar-refractivity contribution >= 4 is 5.78 Å². The summed E-state index contributed by atoms with van der Waals surface area (Å²) in [5.41, 5.74) is 0.658. The van der Waals surface area contributed by atoms with Crippen molar-refractivity contribution in [3.8, 4) is 0 Å². The molecule has 0 amide bonds. The molecule has 0 aromatic carbocycles. The van der Waals surface area contributed by atoms with Crippen molar-refractivity contribution in [3.63, 3.8) is 0 Å². The summed E-state index contributed by atoms with van der Waals surface area (Å²) in [6.07, 6.45) is 5.81. The molecule has 142 valence electrons. The summed E-state index contributed by atoms with van der Waals surface area (Å²) in [5.74, 6) is 0.0629. The second-order valence-electron chi connectivity index (χ2n) is 10.3. The zero-order valence-corrected chi connectivity index (χ0v) is 18.0. The van der Waals surface area contributed by atoms with Crippen molar-refractivity contribution in [1.29, 1.82) is 0 Å². The smallest absolute Gasteiger partial charge is 0.189 e. The van der Waals surface area contributed by atoms with Crippen LogP contribution < -0.4 is 0 Å². The molecule has 1 aliphatic carbocycles. The summed E-state index contributed by atoms with van der Waals surface area (Å²) in [7, 11) is 0. The minimum absolute atomic E-state index is 0.0629. The molecule has 1 rings (SSSR count). The topological polar surface area (TPSA) is 35.5 Å². The van der Waals surface area contributed by atoms with Crippen LogP contribution in [-0.4, -0.2) is 17.0 Å². The highest BCUT2D eigenvalue weighted by Gasteiger charge is 2.47. The Bertz CT molecular complexity index is 609. The van der Waals surface area contributed by atoms with Gasteiger partial charge in [0.1, 0.15) is 5.60 Å². The fourth-order valence-electron chi connectivity index (χ4n) is 2.55. The first-order valence-corrected chi connectivity index (χ1v) is 9.01. The number of hydrogen-bond acceptors (Lipinski definition) is 3. The molecule has 0 aromatic rings. The third-order valence-electron chi connectivity index (χ3n) is 4.09. The molecular formula is C22H36O3. The Hall–Kier alpha value is -1.19. The summed E-state index contributed by atoms with van der Waals surface area (Å²) in [4.78, 5) is 24.8. The molecular weight excluding hydrogens is 312 g/mol. The van der Waals surface area contributed by atoms with E-state index in [2.05, 4.69) is 41.5 Å². The van der Waals surface area contributed by atoms with Gasteiger partial charge in [-0.05, 0) is 52.2 Å². The van der Waals surface area contributed by atoms with Crippen LogP contribution >= 0.6 is 0 Å². The Kier molecular flexibility index (Phi) is 5.98. The summed E-state index contributed by atoms with van der Waals surface area (Å²) in [5, 5.41) is 0. The van der Waals surface area contributed by atoms with E-state index >= 15 is 0 Å². The van der Waals surface area contributed by atoms with Gasteiger partial charge < -0.3 is 0 Å². The maximum Gasteiger partial charge on any atom is 0.189 e. The molecule has 1 aliphatic rings. The number of carbonyl (C=O) groups is 1. The molecule has 1 atom stereocenters. The van der Waals surface area contributed by atoms with Gasteiger partial charge in [0.2, 0.25) is 0 Å². The third kappa shape index (κ3) is 5.39. The molecule has 0 fully saturated rings. The van der Waals surface area contributed by atoms with Gasteiger partial charge in [-0.25, -0.2) is 9.78 Å². The highest BCUT2D eigenvalue weighted by molar-refractivity contribution is 6.12. The van der Waals surface area contributed by atoms with E-state index in [1.165, 1.54) is 0 Å². The lowest BCUT2D eigenvalue weighted by Gasteiger charge is -2.44. The Labute approximate surface area is 154 Å². The number of allylic oxidation sites excluding steroid dienone is 4. The summed E-state index contributed by atoms with van der Waals surface area (Å²) in [6.45, 7) is 22.3. The van der Waals surface area contributed by atoms with Crippen LogP contribution in [0.25, 0.3) is 0 Å². The Morgan fingerprint density at radius 3 is 1.84 bits per heavy atom. The minimum Gasteiger partial charge on any atom is -0.289 e. The van der Waals surface area contributed by atoms with Crippen molar-refractivity contribution in [2.24, 2.45) is 10.8 Å². The minimum atomic E-state index is -0.821. The van der Waals surface area contributed by atoms with E-state index in [-0.39, 0.29) is 16.6 Å². The largest absolute Gasteiger partial charge is 0.289 e. The Balaban J connectivity index is 3.64. The fourth-order valence-corrected chi connectivity index (χ4v) is 2.55. The number of ketones is 1. The summed E-state index contributed by atoms with van der Waals surface area (Å²) >= 11 is 0. The first-order valence-electron chi connectivity index (χ1n) is 9.01. The van der Waals surface area contributed by atoms with Crippen LogP contribution in [0.4, 0.5) is 0 Å². The Morgan fingerprint density at radius 1 is 0.960 bits per heavy atom. The molecule has 0 N–H and O–H groups in total. The lowest BCUT2D eigenvalue weighted by atomic mass is 9.67. The average molecular weight is 349 g/mol. The lowest BCUT2D eigenvalue weighted by molar-refractivity contribution is -0.398. The quantitative estimate of drug-likeness (QED) is 0.466. The first kappa shape index (κ1) is 21.9. The molecule has 0 aliphatic heterocycles. The van der Waals surface area contributed by atoms with Gasteiger partial charge in [0.25, 0.3) is 0 Å². The van der Waals surface area contributed by atoms with Crippen molar-refractivity contribution in [2.75, 3.05) is 0 Å². The van der Waals surface area contributed by atoms with Crippen molar-refractivity contribution in [1.82, 2.24) is 0 Å². The van der Waals surface area contributed by atoms with Gasteiger partial charge >= 0.3 is 0 Å². The molecule has 3 nitrogen and oxygen atoms in total. The molecule has 0 spiro atoms. The normalized spacial score (nSPS) is 22.4. The second kappa shape index (κ2) is 6.85. The van der Waals surface area contributed by atoms with Gasteiger partial charge in [-0.3, -0.25) is 4.79 Å². The van der Waals surface area contributed by atoms with E-state index in [4.69, 9.17) is 9.78 Å². The van der Waals surface area contributed by atoms with Crippen molar-refractivity contribution in [2.45, 2.75) is 87.4 Å². The van der Waals surface area contributed by atoms with Gasteiger partial charge in [0.05, 0.1) is 5.60 Å². The summed E-state index contributed by atoms with van der Waals surface area (Å²) < 4.78 is 0. The number of Topliss-reactive ketones (excluding diaryl/α,β-unsaturated/α-hetero) is 1. The molecule has 0 saturated heterocycles. The molecule has 0 heterocycles. The SMILES string of the molecule is CC(C)=CC1=CC(OOC(C)(C)C)(C(C)(C)C)C=C(C(C)(C)C)C1=O. The van der Waals surface area contributed by atoms with Crippen molar-refractivity contribution in [3.05, 3.63) is 34.9 Å². The van der Waals surface area contributed by atoms with Crippen molar-refractivity contribution < 1.29 is 14.6 Å². The van der Waals surface area contributed by atoms with Crippen LogP contribution in [0.5, 0.6) is 0 Å².